The number of carbonyl (C=O) groups excluding carboxylic acids is 1. The van der Waals surface area contributed by atoms with Gasteiger partial charge in [-0.05, 0) is 56.4 Å². The predicted molar refractivity (Wildman–Crippen MR) is 112 cm³/mol. The van der Waals surface area contributed by atoms with Gasteiger partial charge in [-0.15, -0.1) is 0 Å². The van der Waals surface area contributed by atoms with Crippen LogP contribution in [0.5, 0.6) is 0 Å². The molecule has 0 spiro atoms. The summed E-state index contributed by atoms with van der Waals surface area (Å²) in [7, 11) is 0. The molecule has 2 aliphatic rings. The molecule has 1 amide bonds. The van der Waals surface area contributed by atoms with Gasteiger partial charge in [0.2, 0.25) is 0 Å². The number of nitrogens with zero attached hydrogens (tertiary/aromatic N) is 2. The van der Waals surface area contributed by atoms with Crippen molar-refractivity contribution in [2.45, 2.75) is 44.8 Å². The number of carbonyl (C=O) groups is 1. The monoisotopic (exact) mass is 390 g/mol. The summed E-state index contributed by atoms with van der Waals surface area (Å²) in [5.74, 6) is 5.96. The van der Waals surface area contributed by atoms with Crippen molar-refractivity contribution in [1.82, 2.24) is 9.47 Å². The molecule has 0 N–H and O–H groups in total. The van der Waals surface area contributed by atoms with Gasteiger partial charge in [0.1, 0.15) is 5.56 Å². The fraction of sp³-hybridized carbons (Fsp3) is 0.417. The van der Waals surface area contributed by atoms with Crippen LogP contribution in [-0.2, 0) is 4.74 Å². The van der Waals surface area contributed by atoms with E-state index >= 15 is 0 Å². The van der Waals surface area contributed by atoms with E-state index < -0.39 is 0 Å². The zero-order valence-electron chi connectivity index (χ0n) is 16.8. The maximum atomic E-state index is 13.4. The van der Waals surface area contributed by atoms with E-state index in [2.05, 4.69) is 11.8 Å². The molecule has 1 aromatic heterocycles. The van der Waals surface area contributed by atoms with Crippen LogP contribution in [-0.4, -0.2) is 41.2 Å². The van der Waals surface area contributed by atoms with E-state index in [1.807, 2.05) is 49.5 Å². The number of aryl methyl sites for hydroxylation is 1. The SMILES string of the molecule is Cc1ccn(C2CC2)c(=O)c1C(=O)N(CC#Cc1ccccc1)CC1CCCO1. The lowest BCUT2D eigenvalue weighted by atomic mass is 10.1. The zero-order valence-corrected chi connectivity index (χ0v) is 16.8. The van der Waals surface area contributed by atoms with E-state index in [0.717, 1.165) is 37.9 Å². The van der Waals surface area contributed by atoms with Crippen LogP contribution >= 0.6 is 0 Å². The van der Waals surface area contributed by atoms with Crippen molar-refractivity contribution in [3.63, 3.8) is 0 Å². The largest absolute Gasteiger partial charge is 0.376 e. The zero-order chi connectivity index (χ0) is 20.2. The number of pyridine rings is 1. The van der Waals surface area contributed by atoms with Gasteiger partial charge in [-0.25, -0.2) is 0 Å². The van der Waals surface area contributed by atoms with Crippen LogP contribution in [0.1, 0.15) is 53.2 Å². The van der Waals surface area contributed by atoms with Gasteiger partial charge in [-0.2, -0.15) is 0 Å². The third-order valence-electron chi connectivity index (χ3n) is 5.49. The minimum atomic E-state index is -0.250. The molecule has 1 unspecified atom stereocenters. The second-order valence-electron chi connectivity index (χ2n) is 7.81. The van der Waals surface area contributed by atoms with Crippen molar-refractivity contribution in [3.8, 4) is 11.8 Å². The summed E-state index contributed by atoms with van der Waals surface area (Å²) in [6.45, 7) is 3.28. The third-order valence-corrected chi connectivity index (χ3v) is 5.49. The average molecular weight is 390 g/mol. The minimum absolute atomic E-state index is 0.00662. The first-order valence-electron chi connectivity index (χ1n) is 10.3. The Hall–Kier alpha value is -2.84. The summed E-state index contributed by atoms with van der Waals surface area (Å²) in [5.41, 5.74) is 1.69. The predicted octanol–water partition coefficient (Wildman–Crippen LogP) is 3.16. The van der Waals surface area contributed by atoms with Crippen LogP contribution in [0, 0.1) is 18.8 Å². The lowest BCUT2D eigenvalue weighted by Crippen LogP contribution is -2.41. The normalized spacial score (nSPS) is 18.2. The van der Waals surface area contributed by atoms with Crippen molar-refractivity contribution in [2.24, 2.45) is 0 Å². The molecule has 150 valence electrons. The molecule has 0 radical (unpaired) electrons. The Morgan fingerprint density at radius 1 is 1.21 bits per heavy atom. The standard InChI is InChI=1S/C24H26N2O3/c1-18-13-15-26(20-11-12-20)24(28)22(18)23(27)25(17-21-10-6-16-29-21)14-5-9-19-7-3-2-4-8-19/h2-4,7-8,13,15,20-21H,6,10-12,14,16-17H2,1H3. The molecule has 1 aliphatic heterocycles. The van der Waals surface area contributed by atoms with Crippen LogP contribution < -0.4 is 5.56 Å². The van der Waals surface area contributed by atoms with Gasteiger partial charge in [-0.1, -0.05) is 30.0 Å². The van der Waals surface area contributed by atoms with Crippen LogP contribution in [0.25, 0.3) is 0 Å². The van der Waals surface area contributed by atoms with Crippen molar-refractivity contribution in [1.29, 1.82) is 0 Å². The van der Waals surface area contributed by atoms with E-state index in [-0.39, 0.29) is 35.7 Å². The lowest BCUT2D eigenvalue weighted by molar-refractivity contribution is 0.0556. The molecule has 2 aromatic rings. The van der Waals surface area contributed by atoms with Gasteiger partial charge < -0.3 is 14.2 Å². The van der Waals surface area contributed by atoms with Crippen molar-refractivity contribution >= 4 is 5.91 Å². The van der Waals surface area contributed by atoms with Gasteiger partial charge in [0, 0.05) is 31.0 Å². The Bertz CT molecular complexity index is 990. The van der Waals surface area contributed by atoms with Crippen molar-refractivity contribution in [3.05, 3.63) is 69.6 Å². The first kappa shape index (κ1) is 19.5. The maximum absolute atomic E-state index is 13.4. The fourth-order valence-electron chi connectivity index (χ4n) is 3.71. The number of amides is 1. The Morgan fingerprint density at radius 3 is 2.69 bits per heavy atom. The highest BCUT2D eigenvalue weighted by Gasteiger charge is 2.29. The van der Waals surface area contributed by atoms with E-state index in [1.54, 1.807) is 9.47 Å². The molecule has 1 saturated heterocycles. The molecule has 5 heteroatoms. The summed E-state index contributed by atoms with van der Waals surface area (Å²) < 4.78 is 7.45. The van der Waals surface area contributed by atoms with E-state index in [1.165, 1.54) is 0 Å². The van der Waals surface area contributed by atoms with Crippen LogP contribution in [0.2, 0.25) is 0 Å². The van der Waals surface area contributed by atoms with Crippen molar-refractivity contribution < 1.29 is 9.53 Å². The number of aromatic nitrogens is 1. The second-order valence-corrected chi connectivity index (χ2v) is 7.81. The van der Waals surface area contributed by atoms with E-state index in [0.29, 0.717) is 12.1 Å². The minimum Gasteiger partial charge on any atom is -0.376 e. The first-order chi connectivity index (χ1) is 14.1. The first-order valence-corrected chi connectivity index (χ1v) is 10.3. The highest BCUT2D eigenvalue weighted by atomic mass is 16.5. The summed E-state index contributed by atoms with van der Waals surface area (Å²) in [6, 6.07) is 11.8. The molecule has 1 aromatic carbocycles. The Labute approximate surface area is 171 Å². The van der Waals surface area contributed by atoms with Gasteiger partial charge >= 0.3 is 0 Å². The molecule has 2 fully saturated rings. The average Bonchev–Trinajstić information content (AvgIpc) is 3.43. The quantitative estimate of drug-likeness (QED) is 0.737. The molecular formula is C24H26N2O3. The van der Waals surface area contributed by atoms with Gasteiger partial charge in [-0.3, -0.25) is 9.59 Å². The molecule has 2 heterocycles. The highest BCUT2D eigenvalue weighted by Crippen LogP contribution is 2.33. The lowest BCUT2D eigenvalue weighted by Gasteiger charge is -2.24. The van der Waals surface area contributed by atoms with E-state index in [9.17, 15) is 9.59 Å². The third kappa shape index (κ3) is 4.60. The second kappa shape index (κ2) is 8.67. The number of ether oxygens (including phenoxy) is 1. The molecular weight excluding hydrogens is 364 g/mol. The number of hydrogen-bond donors (Lipinski definition) is 0. The topological polar surface area (TPSA) is 51.5 Å². The molecule has 1 aliphatic carbocycles. The Balaban J connectivity index is 1.60. The summed E-state index contributed by atoms with van der Waals surface area (Å²) >= 11 is 0. The number of hydrogen-bond acceptors (Lipinski definition) is 3. The molecule has 29 heavy (non-hydrogen) atoms. The van der Waals surface area contributed by atoms with Gasteiger partial charge in [0.05, 0.1) is 12.6 Å². The van der Waals surface area contributed by atoms with Crippen LogP contribution in [0.15, 0.2) is 47.4 Å². The summed E-state index contributed by atoms with van der Waals surface area (Å²) in [4.78, 5) is 28.1. The fourth-order valence-corrected chi connectivity index (χ4v) is 3.71. The summed E-state index contributed by atoms with van der Waals surface area (Å²) in [5, 5.41) is 0. The summed E-state index contributed by atoms with van der Waals surface area (Å²) in [6.07, 6.45) is 5.74. The maximum Gasteiger partial charge on any atom is 0.263 e. The Kier molecular flexibility index (Phi) is 5.82. The Morgan fingerprint density at radius 2 is 2.00 bits per heavy atom. The van der Waals surface area contributed by atoms with E-state index in [4.69, 9.17) is 4.74 Å². The highest BCUT2D eigenvalue weighted by molar-refractivity contribution is 5.95. The van der Waals surface area contributed by atoms with Gasteiger partial charge in [0.15, 0.2) is 0 Å². The number of benzene rings is 1. The molecule has 1 atom stereocenters. The smallest absolute Gasteiger partial charge is 0.263 e. The van der Waals surface area contributed by atoms with Gasteiger partial charge in [0.25, 0.3) is 11.5 Å². The van der Waals surface area contributed by atoms with Crippen LogP contribution in [0.4, 0.5) is 0 Å². The molecule has 1 saturated carbocycles. The number of rotatable bonds is 5. The molecule has 4 rings (SSSR count). The van der Waals surface area contributed by atoms with Crippen molar-refractivity contribution in [2.75, 3.05) is 19.7 Å². The molecule has 5 nitrogen and oxygen atoms in total. The van der Waals surface area contributed by atoms with Crippen LogP contribution in [0.3, 0.4) is 0 Å². The molecule has 0 bridgehead atoms.